The quantitative estimate of drug-likeness (QED) is 0.887. The lowest BCUT2D eigenvalue weighted by atomic mass is 10.1. The summed E-state index contributed by atoms with van der Waals surface area (Å²) in [6.45, 7) is 2.73. The second-order valence-corrected chi connectivity index (χ2v) is 6.50. The highest BCUT2D eigenvalue weighted by Gasteiger charge is 2.30. The number of benzene rings is 1. The van der Waals surface area contributed by atoms with E-state index in [-0.39, 0.29) is 12.1 Å². The van der Waals surface area contributed by atoms with Crippen LogP contribution in [0.2, 0.25) is 0 Å². The number of halogens is 1. The van der Waals surface area contributed by atoms with Gasteiger partial charge in [0, 0.05) is 23.6 Å². The van der Waals surface area contributed by atoms with Gasteiger partial charge < -0.3 is 15.5 Å². The zero-order chi connectivity index (χ0) is 13.9. The Labute approximate surface area is 128 Å². The zero-order valence-corrected chi connectivity index (χ0v) is 13.0. The Morgan fingerprint density at radius 1 is 1.40 bits per heavy atom. The predicted octanol–water partition coefficient (Wildman–Crippen LogP) is 2.66. The average molecular weight is 338 g/mol. The molecule has 2 fully saturated rings. The second-order valence-electron chi connectivity index (χ2n) is 5.59. The Bertz CT molecular complexity index is 488. The first-order chi connectivity index (χ1) is 9.72. The highest BCUT2D eigenvalue weighted by atomic mass is 79.9. The molecule has 1 aromatic rings. The maximum absolute atomic E-state index is 12.0. The molecule has 5 heteroatoms. The third-order valence-electron chi connectivity index (χ3n) is 4.15. The van der Waals surface area contributed by atoms with Crippen molar-refractivity contribution in [3.05, 3.63) is 34.3 Å². The molecule has 1 aromatic carbocycles. The molecule has 2 N–H and O–H groups in total. The number of urea groups is 1. The van der Waals surface area contributed by atoms with Gasteiger partial charge in [-0.25, -0.2) is 4.79 Å². The molecule has 0 radical (unpaired) electrons. The van der Waals surface area contributed by atoms with Crippen molar-refractivity contribution in [2.75, 3.05) is 19.6 Å². The van der Waals surface area contributed by atoms with Crippen molar-refractivity contribution < 1.29 is 4.79 Å². The topological polar surface area (TPSA) is 44.4 Å². The van der Waals surface area contributed by atoms with Gasteiger partial charge >= 0.3 is 6.03 Å². The lowest BCUT2D eigenvalue weighted by Gasteiger charge is -2.17. The van der Waals surface area contributed by atoms with Crippen LogP contribution in [0, 0.1) is 0 Å². The fourth-order valence-corrected chi connectivity index (χ4v) is 3.43. The van der Waals surface area contributed by atoms with Gasteiger partial charge in [0.15, 0.2) is 0 Å². The third-order valence-corrected chi connectivity index (χ3v) is 4.64. The molecule has 2 heterocycles. The van der Waals surface area contributed by atoms with Gasteiger partial charge in [-0.05, 0) is 43.5 Å². The summed E-state index contributed by atoms with van der Waals surface area (Å²) in [5.41, 5.74) is 1.16. The Morgan fingerprint density at radius 3 is 3.05 bits per heavy atom. The maximum Gasteiger partial charge on any atom is 0.318 e. The summed E-state index contributed by atoms with van der Waals surface area (Å²) in [6.07, 6.45) is 3.56. The molecule has 2 amide bonds. The van der Waals surface area contributed by atoms with Crippen LogP contribution in [0.15, 0.2) is 28.7 Å². The first-order valence-corrected chi connectivity index (χ1v) is 8.06. The van der Waals surface area contributed by atoms with Gasteiger partial charge in [-0.3, -0.25) is 0 Å². The van der Waals surface area contributed by atoms with E-state index in [0.29, 0.717) is 6.04 Å². The molecule has 0 saturated carbocycles. The highest BCUT2D eigenvalue weighted by molar-refractivity contribution is 9.10. The maximum atomic E-state index is 12.0. The van der Waals surface area contributed by atoms with Crippen molar-refractivity contribution >= 4 is 22.0 Å². The Balaban J connectivity index is 1.57. The SMILES string of the molecule is O=C1NC(c2cccc(Br)c2)CN1CCC1CCCN1. The van der Waals surface area contributed by atoms with E-state index in [1.54, 1.807) is 0 Å². The Morgan fingerprint density at radius 2 is 2.30 bits per heavy atom. The van der Waals surface area contributed by atoms with Crippen LogP contribution in [0.25, 0.3) is 0 Å². The number of carbonyl (C=O) groups excluding carboxylic acids is 1. The molecule has 2 atom stereocenters. The van der Waals surface area contributed by atoms with Crippen molar-refractivity contribution in [2.24, 2.45) is 0 Å². The minimum atomic E-state index is 0.0629. The molecule has 3 rings (SSSR count). The van der Waals surface area contributed by atoms with Crippen molar-refractivity contribution in [2.45, 2.75) is 31.3 Å². The molecule has 2 unspecified atom stereocenters. The van der Waals surface area contributed by atoms with E-state index in [4.69, 9.17) is 0 Å². The fourth-order valence-electron chi connectivity index (χ4n) is 3.01. The molecular weight excluding hydrogens is 318 g/mol. The summed E-state index contributed by atoms with van der Waals surface area (Å²) in [7, 11) is 0. The molecule has 0 aliphatic carbocycles. The van der Waals surface area contributed by atoms with Crippen LogP contribution in [-0.2, 0) is 0 Å². The van der Waals surface area contributed by atoms with Crippen LogP contribution in [0.1, 0.15) is 30.9 Å². The summed E-state index contributed by atoms with van der Waals surface area (Å²) in [4.78, 5) is 14.0. The summed E-state index contributed by atoms with van der Waals surface area (Å²) >= 11 is 3.48. The molecule has 0 bridgehead atoms. The van der Waals surface area contributed by atoms with Gasteiger partial charge in [-0.1, -0.05) is 28.1 Å². The van der Waals surface area contributed by atoms with Gasteiger partial charge in [0.1, 0.15) is 0 Å². The minimum absolute atomic E-state index is 0.0629. The zero-order valence-electron chi connectivity index (χ0n) is 11.4. The summed E-state index contributed by atoms with van der Waals surface area (Å²) in [5.74, 6) is 0. The number of nitrogens with one attached hydrogen (secondary N) is 2. The summed E-state index contributed by atoms with van der Waals surface area (Å²) in [5, 5.41) is 6.55. The smallest absolute Gasteiger partial charge is 0.318 e. The molecular formula is C15H20BrN3O. The molecule has 2 aliphatic heterocycles. The van der Waals surface area contributed by atoms with Gasteiger partial charge in [0.25, 0.3) is 0 Å². The number of hydrogen-bond donors (Lipinski definition) is 2. The lowest BCUT2D eigenvalue weighted by molar-refractivity contribution is 0.215. The van der Waals surface area contributed by atoms with E-state index in [1.165, 1.54) is 12.8 Å². The molecule has 108 valence electrons. The van der Waals surface area contributed by atoms with Gasteiger partial charge in [0.05, 0.1) is 6.04 Å². The fraction of sp³-hybridized carbons (Fsp3) is 0.533. The second kappa shape index (κ2) is 6.14. The normalized spacial score (nSPS) is 26.1. The molecule has 2 aliphatic rings. The average Bonchev–Trinajstić information content (AvgIpc) is 3.06. The summed E-state index contributed by atoms with van der Waals surface area (Å²) in [6, 6.07) is 8.92. The molecule has 20 heavy (non-hydrogen) atoms. The first kappa shape index (κ1) is 13.9. The van der Waals surface area contributed by atoms with E-state index in [1.807, 2.05) is 17.0 Å². The minimum Gasteiger partial charge on any atom is -0.329 e. The number of rotatable bonds is 4. The molecule has 0 spiro atoms. The van der Waals surface area contributed by atoms with E-state index >= 15 is 0 Å². The predicted molar refractivity (Wildman–Crippen MR) is 82.6 cm³/mol. The van der Waals surface area contributed by atoms with Crippen molar-refractivity contribution in [3.8, 4) is 0 Å². The highest BCUT2D eigenvalue weighted by Crippen LogP contribution is 2.23. The van der Waals surface area contributed by atoms with Crippen LogP contribution in [0.3, 0.4) is 0 Å². The van der Waals surface area contributed by atoms with Crippen LogP contribution in [0.5, 0.6) is 0 Å². The standard InChI is InChI=1S/C15H20BrN3O/c16-12-4-1-3-11(9-12)14-10-19(15(20)18-14)8-6-13-5-2-7-17-13/h1,3-4,9,13-14,17H,2,5-8,10H2,(H,18,20). The largest absolute Gasteiger partial charge is 0.329 e. The molecule has 0 aromatic heterocycles. The number of nitrogens with zero attached hydrogens (tertiary/aromatic N) is 1. The molecule has 4 nitrogen and oxygen atoms in total. The number of carbonyl (C=O) groups is 1. The van der Waals surface area contributed by atoms with E-state index in [2.05, 4.69) is 38.7 Å². The van der Waals surface area contributed by atoms with E-state index in [0.717, 1.165) is 36.1 Å². The van der Waals surface area contributed by atoms with Crippen LogP contribution >= 0.6 is 15.9 Å². The number of hydrogen-bond acceptors (Lipinski definition) is 2. The monoisotopic (exact) mass is 337 g/mol. The van der Waals surface area contributed by atoms with Crippen molar-refractivity contribution in [1.82, 2.24) is 15.5 Å². The van der Waals surface area contributed by atoms with Crippen LogP contribution in [0.4, 0.5) is 4.79 Å². The van der Waals surface area contributed by atoms with Gasteiger partial charge in [0.2, 0.25) is 0 Å². The Hall–Kier alpha value is -1.07. The van der Waals surface area contributed by atoms with Crippen molar-refractivity contribution in [3.63, 3.8) is 0 Å². The molecule has 2 saturated heterocycles. The lowest BCUT2D eigenvalue weighted by Crippen LogP contribution is -2.33. The Kier molecular flexibility index (Phi) is 4.27. The number of amides is 2. The van der Waals surface area contributed by atoms with E-state index < -0.39 is 0 Å². The summed E-state index contributed by atoms with van der Waals surface area (Å²) < 4.78 is 1.05. The first-order valence-electron chi connectivity index (χ1n) is 7.26. The van der Waals surface area contributed by atoms with E-state index in [9.17, 15) is 4.79 Å². The third kappa shape index (κ3) is 3.15. The van der Waals surface area contributed by atoms with Crippen LogP contribution in [-0.4, -0.2) is 36.6 Å². The van der Waals surface area contributed by atoms with Crippen molar-refractivity contribution in [1.29, 1.82) is 0 Å². The van der Waals surface area contributed by atoms with Gasteiger partial charge in [-0.2, -0.15) is 0 Å². The van der Waals surface area contributed by atoms with Crippen LogP contribution < -0.4 is 10.6 Å². The van der Waals surface area contributed by atoms with Gasteiger partial charge in [-0.15, -0.1) is 0 Å².